The van der Waals surface area contributed by atoms with E-state index in [0.717, 1.165) is 38.2 Å². The van der Waals surface area contributed by atoms with Gasteiger partial charge in [0.1, 0.15) is 0 Å². The third-order valence-electron chi connectivity index (χ3n) is 4.27. The number of nitrogens with zero attached hydrogens (tertiary/aromatic N) is 3. The van der Waals surface area contributed by atoms with Crippen molar-refractivity contribution < 1.29 is 4.74 Å². The molecule has 2 heterocycles. The molecule has 5 nitrogen and oxygen atoms in total. The molecule has 1 saturated heterocycles. The minimum Gasteiger partial charge on any atom is -0.381 e. The maximum Gasteiger partial charge on any atom is 0.193 e. The lowest BCUT2D eigenvalue weighted by atomic mass is 9.96. The quantitative estimate of drug-likeness (QED) is 0.665. The van der Waals surface area contributed by atoms with Gasteiger partial charge in [0.2, 0.25) is 0 Å². The number of guanidine groups is 1. The van der Waals surface area contributed by atoms with Gasteiger partial charge in [-0.15, -0.1) is 0 Å². The molecule has 1 aromatic rings. The van der Waals surface area contributed by atoms with Gasteiger partial charge in [-0.2, -0.15) is 0 Å². The van der Waals surface area contributed by atoms with Crippen LogP contribution < -0.4 is 5.32 Å². The summed E-state index contributed by atoms with van der Waals surface area (Å²) in [5.74, 6) is 1.76. The smallest absolute Gasteiger partial charge is 0.193 e. The van der Waals surface area contributed by atoms with Gasteiger partial charge in [0, 0.05) is 52.8 Å². The predicted molar refractivity (Wildman–Crippen MR) is 86.4 cm³/mol. The van der Waals surface area contributed by atoms with Gasteiger partial charge in [-0.3, -0.25) is 4.99 Å². The first kappa shape index (κ1) is 15.9. The fourth-order valence-electron chi connectivity index (χ4n) is 2.75. The molecule has 0 spiro atoms. The van der Waals surface area contributed by atoms with Gasteiger partial charge in [0.15, 0.2) is 5.96 Å². The summed E-state index contributed by atoms with van der Waals surface area (Å²) in [4.78, 5) is 6.60. The number of aromatic nitrogens is 1. The summed E-state index contributed by atoms with van der Waals surface area (Å²) in [5.41, 5.74) is 1.26. The molecule has 118 valence electrons. The maximum atomic E-state index is 5.41. The highest BCUT2D eigenvalue weighted by Gasteiger charge is 2.15. The number of aliphatic imine (C=N–C) groups is 1. The minimum absolute atomic E-state index is 0.798. The third-order valence-corrected chi connectivity index (χ3v) is 4.27. The molecule has 21 heavy (non-hydrogen) atoms. The van der Waals surface area contributed by atoms with Crippen molar-refractivity contribution in [3.05, 3.63) is 24.0 Å². The van der Waals surface area contributed by atoms with E-state index in [4.69, 9.17) is 4.74 Å². The second-order valence-corrected chi connectivity index (χ2v) is 5.78. The highest BCUT2D eigenvalue weighted by Crippen LogP contribution is 2.18. The molecule has 1 fully saturated rings. The van der Waals surface area contributed by atoms with Crippen molar-refractivity contribution in [2.24, 2.45) is 18.0 Å². The molecule has 0 amide bonds. The zero-order valence-electron chi connectivity index (χ0n) is 13.5. The van der Waals surface area contributed by atoms with Crippen molar-refractivity contribution in [3.8, 4) is 0 Å². The summed E-state index contributed by atoms with van der Waals surface area (Å²) in [6, 6.07) is 4.19. The van der Waals surface area contributed by atoms with Crippen LogP contribution >= 0.6 is 0 Å². The second kappa shape index (κ2) is 8.08. The van der Waals surface area contributed by atoms with Crippen molar-refractivity contribution in [2.45, 2.75) is 25.8 Å². The fourth-order valence-corrected chi connectivity index (χ4v) is 2.75. The van der Waals surface area contributed by atoms with Crippen molar-refractivity contribution in [2.75, 3.05) is 33.9 Å². The van der Waals surface area contributed by atoms with E-state index in [9.17, 15) is 0 Å². The van der Waals surface area contributed by atoms with Crippen LogP contribution in [0.25, 0.3) is 0 Å². The fraction of sp³-hybridized carbons (Fsp3) is 0.688. The molecule has 2 rings (SSSR count). The van der Waals surface area contributed by atoms with Crippen LogP contribution in [-0.4, -0.2) is 49.3 Å². The monoisotopic (exact) mass is 292 g/mol. The number of aryl methyl sites for hydroxylation is 1. The van der Waals surface area contributed by atoms with E-state index < -0.39 is 0 Å². The van der Waals surface area contributed by atoms with E-state index in [1.165, 1.54) is 25.0 Å². The molecule has 0 aromatic carbocycles. The number of rotatable bonds is 5. The van der Waals surface area contributed by atoms with Crippen LogP contribution in [0.2, 0.25) is 0 Å². The Morgan fingerprint density at radius 1 is 1.48 bits per heavy atom. The second-order valence-electron chi connectivity index (χ2n) is 5.78. The summed E-state index contributed by atoms with van der Waals surface area (Å²) >= 11 is 0. The SMILES string of the molecule is CN=C(NCc1cccn1C)N(C)CCC1CCOCC1. The van der Waals surface area contributed by atoms with E-state index in [-0.39, 0.29) is 0 Å². The van der Waals surface area contributed by atoms with Crippen molar-refractivity contribution in [3.63, 3.8) is 0 Å². The molecule has 1 aromatic heterocycles. The number of ether oxygens (including phenoxy) is 1. The van der Waals surface area contributed by atoms with E-state index in [2.05, 4.69) is 52.2 Å². The van der Waals surface area contributed by atoms with Gasteiger partial charge in [-0.1, -0.05) is 0 Å². The first-order chi connectivity index (χ1) is 10.2. The Hall–Kier alpha value is -1.49. The molecular formula is C16H28N4O. The number of hydrogen-bond acceptors (Lipinski definition) is 2. The molecule has 0 bridgehead atoms. The Bertz CT molecular complexity index is 449. The molecule has 0 atom stereocenters. The predicted octanol–water partition coefficient (Wildman–Crippen LogP) is 1.85. The van der Waals surface area contributed by atoms with Gasteiger partial charge < -0.3 is 19.5 Å². The lowest BCUT2D eigenvalue weighted by Crippen LogP contribution is -2.40. The van der Waals surface area contributed by atoms with Crippen molar-refractivity contribution >= 4 is 5.96 Å². The van der Waals surface area contributed by atoms with E-state index in [1.54, 1.807) is 0 Å². The Labute approximate surface area is 128 Å². The molecule has 0 aliphatic carbocycles. The molecule has 5 heteroatoms. The molecule has 0 radical (unpaired) electrons. The number of nitrogens with one attached hydrogen (secondary N) is 1. The normalized spacial score (nSPS) is 17.0. The Kier molecular flexibility index (Phi) is 6.11. The lowest BCUT2D eigenvalue weighted by molar-refractivity contribution is 0.0625. The van der Waals surface area contributed by atoms with E-state index in [0.29, 0.717) is 0 Å². The zero-order valence-corrected chi connectivity index (χ0v) is 13.5. The summed E-state index contributed by atoms with van der Waals surface area (Å²) in [5, 5.41) is 3.43. The third kappa shape index (κ3) is 4.77. The maximum absolute atomic E-state index is 5.41. The lowest BCUT2D eigenvalue weighted by Gasteiger charge is -2.26. The Morgan fingerprint density at radius 2 is 2.24 bits per heavy atom. The molecule has 0 saturated carbocycles. The summed E-state index contributed by atoms with van der Waals surface area (Å²) in [7, 11) is 6.02. The average molecular weight is 292 g/mol. The molecule has 1 aliphatic heterocycles. The molecular weight excluding hydrogens is 264 g/mol. The van der Waals surface area contributed by atoms with Crippen LogP contribution in [0.3, 0.4) is 0 Å². The molecule has 1 N–H and O–H groups in total. The van der Waals surface area contributed by atoms with Crippen molar-refractivity contribution in [1.29, 1.82) is 0 Å². The summed E-state index contributed by atoms with van der Waals surface area (Å²) in [6.45, 7) is 3.69. The topological polar surface area (TPSA) is 41.8 Å². The van der Waals surface area contributed by atoms with Crippen LogP contribution in [0.4, 0.5) is 0 Å². The first-order valence-electron chi connectivity index (χ1n) is 7.80. The zero-order chi connectivity index (χ0) is 15.1. The van der Waals surface area contributed by atoms with E-state index >= 15 is 0 Å². The standard InChI is InChI=1S/C16H28N4O/c1-17-16(18-13-15-5-4-9-19(15)2)20(3)10-6-14-7-11-21-12-8-14/h4-5,9,14H,6-8,10-13H2,1-3H3,(H,17,18). The molecule has 1 aliphatic rings. The minimum atomic E-state index is 0.798. The largest absolute Gasteiger partial charge is 0.381 e. The Balaban J connectivity index is 1.75. The Morgan fingerprint density at radius 3 is 2.86 bits per heavy atom. The van der Waals surface area contributed by atoms with Crippen LogP contribution in [-0.2, 0) is 18.3 Å². The van der Waals surface area contributed by atoms with Crippen LogP contribution in [0.15, 0.2) is 23.3 Å². The van der Waals surface area contributed by atoms with Crippen LogP contribution in [0.1, 0.15) is 25.0 Å². The van der Waals surface area contributed by atoms with Gasteiger partial charge in [-0.25, -0.2) is 0 Å². The molecule has 0 unspecified atom stereocenters. The van der Waals surface area contributed by atoms with Crippen LogP contribution in [0, 0.1) is 5.92 Å². The summed E-state index contributed by atoms with van der Waals surface area (Å²) in [6.07, 6.45) is 5.67. The van der Waals surface area contributed by atoms with Gasteiger partial charge in [0.05, 0.1) is 6.54 Å². The highest BCUT2D eigenvalue weighted by atomic mass is 16.5. The number of hydrogen-bond donors (Lipinski definition) is 1. The average Bonchev–Trinajstić information content (AvgIpc) is 2.92. The summed E-state index contributed by atoms with van der Waals surface area (Å²) < 4.78 is 7.54. The van der Waals surface area contributed by atoms with Gasteiger partial charge in [0.25, 0.3) is 0 Å². The highest BCUT2D eigenvalue weighted by molar-refractivity contribution is 5.79. The van der Waals surface area contributed by atoms with Gasteiger partial charge in [-0.05, 0) is 37.3 Å². The first-order valence-corrected chi connectivity index (χ1v) is 7.80. The van der Waals surface area contributed by atoms with Crippen molar-refractivity contribution in [1.82, 2.24) is 14.8 Å². The van der Waals surface area contributed by atoms with Gasteiger partial charge >= 0.3 is 0 Å². The van der Waals surface area contributed by atoms with E-state index in [1.807, 2.05) is 7.05 Å². The van der Waals surface area contributed by atoms with Crippen LogP contribution in [0.5, 0.6) is 0 Å².